The van der Waals surface area contributed by atoms with Crippen LogP contribution in [-0.2, 0) is 9.84 Å². The molecule has 114 valence electrons. The van der Waals surface area contributed by atoms with Crippen molar-refractivity contribution in [2.45, 2.75) is 45.2 Å². The molecule has 1 aliphatic carbocycles. The minimum absolute atomic E-state index is 0.253. The molecule has 1 rings (SSSR count). The summed E-state index contributed by atoms with van der Waals surface area (Å²) in [6.45, 7) is 5.21. The molecule has 4 nitrogen and oxygen atoms in total. The summed E-state index contributed by atoms with van der Waals surface area (Å²) in [5.74, 6) is 1.72. The molecule has 1 aliphatic rings. The normalized spacial score (nSPS) is 29.1. The molecule has 0 amide bonds. The van der Waals surface area contributed by atoms with Crippen molar-refractivity contribution in [3.8, 4) is 0 Å². The van der Waals surface area contributed by atoms with Crippen molar-refractivity contribution in [2.75, 3.05) is 32.6 Å². The van der Waals surface area contributed by atoms with E-state index in [2.05, 4.69) is 31.1 Å². The number of hydrogen-bond acceptors (Lipinski definition) is 4. The summed E-state index contributed by atoms with van der Waals surface area (Å²) in [6, 6.07) is 0.937. The summed E-state index contributed by atoms with van der Waals surface area (Å²) in [7, 11) is 1.20. The second kappa shape index (κ2) is 7.04. The van der Waals surface area contributed by atoms with Gasteiger partial charge in [-0.1, -0.05) is 13.8 Å². The van der Waals surface area contributed by atoms with Crippen molar-refractivity contribution >= 4 is 9.84 Å². The number of likely N-dealkylation sites (N-methyl/N-ethyl adjacent to an activating group) is 2. The van der Waals surface area contributed by atoms with Gasteiger partial charge in [-0.25, -0.2) is 8.42 Å². The van der Waals surface area contributed by atoms with Gasteiger partial charge in [0.05, 0.1) is 5.75 Å². The Balaban J connectivity index is 2.63. The zero-order valence-electron chi connectivity index (χ0n) is 13.0. The topological polar surface area (TPSA) is 49.4 Å². The maximum Gasteiger partial charge on any atom is 0.148 e. The van der Waals surface area contributed by atoms with Crippen molar-refractivity contribution in [3.63, 3.8) is 0 Å². The highest BCUT2D eigenvalue weighted by Crippen LogP contribution is 2.32. The lowest BCUT2D eigenvalue weighted by atomic mass is 9.76. The minimum atomic E-state index is -2.87. The van der Waals surface area contributed by atoms with Crippen molar-refractivity contribution in [3.05, 3.63) is 0 Å². The molecule has 0 aliphatic heterocycles. The number of nitrogens with zero attached hydrogens (tertiary/aromatic N) is 1. The van der Waals surface area contributed by atoms with Crippen molar-refractivity contribution in [1.82, 2.24) is 10.2 Å². The van der Waals surface area contributed by atoms with Crippen LogP contribution in [0.4, 0.5) is 0 Å². The lowest BCUT2D eigenvalue weighted by Crippen LogP contribution is -2.52. The van der Waals surface area contributed by atoms with Crippen LogP contribution in [-0.4, -0.2) is 58.1 Å². The number of rotatable bonds is 6. The molecule has 19 heavy (non-hydrogen) atoms. The highest BCUT2D eigenvalue weighted by Gasteiger charge is 2.33. The van der Waals surface area contributed by atoms with Gasteiger partial charge in [0.25, 0.3) is 0 Å². The van der Waals surface area contributed by atoms with Gasteiger partial charge >= 0.3 is 0 Å². The Bertz CT molecular complexity index is 368. The Labute approximate surface area is 118 Å². The van der Waals surface area contributed by atoms with Crippen LogP contribution in [0, 0.1) is 11.8 Å². The molecule has 0 aromatic heterocycles. The Morgan fingerprint density at radius 2 is 1.95 bits per heavy atom. The number of sulfone groups is 1. The summed E-state index contributed by atoms with van der Waals surface area (Å²) in [5, 5.41) is 3.40. The van der Waals surface area contributed by atoms with Gasteiger partial charge in [0.1, 0.15) is 9.84 Å². The summed E-state index contributed by atoms with van der Waals surface area (Å²) < 4.78 is 22.6. The molecule has 0 radical (unpaired) electrons. The summed E-state index contributed by atoms with van der Waals surface area (Å²) in [4.78, 5) is 2.23. The van der Waals surface area contributed by atoms with Crippen LogP contribution in [0.1, 0.15) is 33.1 Å². The highest BCUT2D eigenvalue weighted by molar-refractivity contribution is 7.90. The smallest absolute Gasteiger partial charge is 0.148 e. The van der Waals surface area contributed by atoms with Gasteiger partial charge in [-0.05, 0) is 45.2 Å². The predicted octanol–water partition coefficient (Wildman–Crippen LogP) is 1.38. The molecule has 0 heterocycles. The second-order valence-electron chi connectivity index (χ2n) is 6.39. The first-order valence-corrected chi connectivity index (χ1v) is 9.36. The molecule has 0 saturated heterocycles. The Kier molecular flexibility index (Phi) is 6.27. The lowest BCUT2D eigenvalue weighted by Gasteiger charge is -2.42. The average molecular weight is 290 g/mol. The van der Waals surface area contributed by atoms with E-state index >= 15 is 0 Å². The molecular formula is C14H30N2O2S. The van der Waals surface area contributed by atoms with E-state index in [9.17, 15) is 8.42 Å². The second-order valence-corrected chi connectivity index (χ2v) is 8.65. The standard InChI is InChI=1S/C14H30N2O2S/c1-11(2)12-6-7-13(15-3)14(10-12)16(4)8-9-19(5,17)18/h11-15H,6-10H2,1-5H3. The third-order valence-electron chi connectivity index (χ3n) is 4.55. The van der Waals surface area contributed by atoms with Crippen molar-refractivity contribution in [2.24, 2.45) is 11.8 Å². The lowest BCUT2D eigenvalue weighted by molar-refractivity contribution is 0.110. The zero-order valence-corrected chi connectivity index (χ0v) is 13.8. The van der Waals surface area contributed by atoms with Crippen molar-refractivity contribution in [1.29, 1.82) is 0 Å². The van der Waals surface area contributed by atoms with Gasteiger partial charge in [0.2, 0.25) is 0 Å². The average Bonchev–Trinajstić information content (AvgIpc) is 2.34. The van der Waals surface area contributed by atoms with Gasteiger partial charge < -0.3 is 10.2 Å². The Hall–Kier alpha value is -0.130. The van der Waals surface area contributed by atoms with Crippen LogP contribution in [0.5, 0.6) is 0 Å². The van der Waals surface area contributed by atoms with Crippen LogP contribution >= 0.6 is 0 Å². The summed E-state index contributed by atoms with van der Waals surface area (Å²) in [6.07, 6.45) is 4.95. The summed E-state index contributed by atoms with van der Waals surface area (Å²) >= 11 is 0. The van der Waals surface area contributed by atoms with Crippen LogP contribution in [0.3, 0.4) is 0 Å². The van der Waals surface area contributed by atoms with E-state index in [1.165, 1.54) is 25.5 Å². The molecule has 3 atom stereocenters. The molecule has 1 N–H and O–H groups in total. The van der Waals surface area contributed by atoms with E-state index in [0.29, 0.717) is 24.5 Å². The highest BCUT2D eigenvalue weighted by atomic mass is 32.2. The van der Waals surface area contributed by atoms with E-state index in [1.807, 2.05) is 7.05 Å². The molecule has 0 aromatic rings. The largest absolute Gasteiger partial charge is 0.315 e. The fraction of sp³-hybridized carbons (Fsp3) is 1.00. The maximum absolute atomic E-state index is 11.3. The first-order chi connectivity index (χ1) is 8.74. The molecule has 0 aromatic carbocycles. The molecule has 0 bridgehead atoms. The monoisotopic (exact) mass is 290 g/mol. The third kappa shape index (κ3) is 5.40. The van der Waals surface area contributed by atoms with Crippen LogP contribution in [0.25, 0.3) is 0 Å². The quantitative estimate of drug-likeness (QED) is 0.803. The van der Waals surface area contributed by atoms with Gasteiger partial charge in [-0.15, -0.1) is 0 Å². The van der Waals surface area contributed by atoms with Gasteiger partial charge in [-0.3, -0.25) is 0 Å². The van der Waals surface area contributed by atoms with Crippen LogP contribution < -0.4 is 5.32 Å². The van der Waals surface area contributed by atoms with E-state index in [0.717, 1.165) is 5.92 Å². The Morgan fingerprint density at radius 3 is 2.42 bits per heavy atom. The van der Waals surface area contributed by atoms with Gasteiger partial charge in [-0.2, -0.15) is 0 Å². The molecule has 5 heteroatoms. The summed E-state index contributed by atoms with van der Waals surface area (Å²) in [5.41, 5.74) is 0. The molecule has 0 spiro atoms. The van der Waals surface area contributed by atoms with E-state index in [4.69, 9.17) is 0 Å². The number of hydrogen-bond donors (Lipinski definition) is 1. The van der Waals surface area contributed by atoms with E-state index in [-0.39, 0.29) is 5.75 Å². The fourth-order valence-corrected chi connectivity index (χ4v) is 3.70. The van der Waals surface area contributed by atoms with E-state index in [1.54, 1.807) is 0 Å². The van der Waals surface area contributed by atoms with Crippen LogP contribution in [0.2, 0.25) is 0 Å². The maximum atomic E-state index is 11.3. The first-order valence-electron chi connectivity index (χ1n) is 7.29. The molecule has 1 fully saturated rings. The fourth-order valence-electron chi connectivity index (χ4n) is 3.08. The van der Waals surface area contributed by atoms with Gasteiger partial charge in [0, 0.05) is 24.9 Å². The minimum Gasteiger partial charge on any atom is -0.315 e. The van der Waals surface area contributed by atoms with Gasteiger partial charge in [0.15, 0.2) is 0 Å². The van der Waals surface area contributed by atoms with Crippen LogP contribution in [0.15, 0.2) is 0 Å². The molecule has 3 unspecified atom stereocenters. The third-order valence-corrected chi connectivity index (χ3v) is 5.48. The zero-order chi connectivity index (χ0) is 14.6. The first kappa shape index (κ1) is 16.9. The molecular weight excluding hydrogens is 260 g/mol. The SMILES string of the molecule is CNC1CCC(C(C)C)CC1N(C)CCS(C)(=O)=O. The predicted molar refractivity (Wildman–Crippen MR) is 81.2 cm³/mol. The Morgan fingerprint density at radius 1 is 1.32 bits per heavy atom. The number of nitrogens with one attached hydrogen (secondary N) is 1. The molecule has 1 saturated carbocycles. The van der Waals surface area contributed by atoms with E-state index < -0.39 is 9.84 Å². The van der Waals surface area contributed by atoms with Crippen molar-refractivity contribution < 1.29 is 8.42 Å².